The summed E-state index contributed by atoms with van der Waals surface area (Å²) >= 11 is 0. The highest BCUT2D eigenvalue weighted by Gasteiger charge is 2.45. The van der Waals surface area contributed by atoms with Crippen molar-refractivity contribution in [2.75, 3.05) is 0 Å². The molecule has 64 valence electrons. The van der Waals surface area contributed by atoms with E-state index in [1.54, 1.807) is 6.08 Å². The van der Waals surface area contributed by atoms with E-state index in [2.05, 4.69) is 0 Å². The third-order valence-corrected chi connectivity index (χ3v) is 3.22. The fourth-order valence-electron chi connectivity index (χ4n) is 0.945. The van der Waals surface area contributed by atoms with Crippen LogP contribution in [0.4, 0.5) is 0 Å². The highest BCUT2D eigenvalue weighted by Crippen LogP contribution is 2.37. The maximum atomic E-state index is 10.6. The summed E-state index contributed by atoms with van der Waals surface area (Å²) in [5.41, 5.74) is 0.391. The second kappa shape index (κ2) is 2.30. The van der Waals surface area contributed by atoms with Crippen molar-refractivity contribution in [3.05, 3.63) is 11.6 Å². The predicted octanol–water partition coefficient (Wildman–Crippen LogP) is 0.303. The van der Waals surface area contributed by atoms with Gasteiger partial charge in [0.2, 0.25) is 4.93 Å². The molecule has 0 spiro atoms. The minimum Gasteiger partial charge on any atom is -0.369 e. The summed E-state index contributed by atoms with van der Waals surface area (Å²) in [7, 11) is -4.36. The van der Waals surface area contributed by atoms with E-state index in [-0.39, 0.29) is 6.42 Å². The molecule has 0 aromatic heterocycles. The lowest BCUT2D eigenvalue weighted by atomic mass is 10.2. The van der Waals surface area contributed by atoms with Crippen LogP contribution < -0.4 is 0 Å². The first kappa shape index (κ1) is 8.70. The predicted molar refractivity (Wildman–Crippen MR) is 39.5 cm³/mol. The van der Waals surface area contributed by atoms with Gasteiger partial charge in [-0.1, -0.05) is 13.0 Å². The van der Waals surface area contributed by atoms with Crippen molar-refractivity contribution in [1.29, 1.82) is 0 Å². The Morgan fingerprint density at radius 2 is 2.18 bits per heavy atom. The summed E-state index contributed by atoms with van der Waals surface area (Å²) in [6, 6.07) is 0. The molecule has 0 aromatic carbocycles. The van der Waals surface area contributed by atoms with Crippen LogP contribution in [-0.4, -0.2) is 23.0 Å². The minimum absolute atomic E-state index is 0.0162. The van der Waals surface area contributed by atoms with Gasteiger partial charge in [-0.15, -0.1) is 0 Å². The summed E-state index contributed by atoms with van der Waals surface area (Å²) < 4.78 is 29.9. The lowest BCUT2D eigenvalue weighted by molar-refractivity contribution is 0.149. The monoisotopic (exact) mass is 178 g/mol. The molecule has 0 heterocycles. The van der Waals surface area contributed by atoms with Crippen molar-refractivity contribution in [2.45, 2.75) is 24.7 Å². The lowest BCUT2D eigenvalue weighted by Crippen LogP contribution is -2.36. The van der Waals surface area contributed by atoms with E-state index >= 15 is 0 Å². The van der Waals surface area contributed by atoms with Crippen molar-refractivity contribution in [3.8, 4) is 0 Å². The third kappa shape index (κ3) is 1.31. The SMILES string of the molecule is CCC(O)(C1=CC1)S(=O)(=O)O. The van der Waals surface area contributed by atoms with E-state index in [0.717, 1.165) is 0 Å². The number of hydrogen-bond acceptors (Lipinski definition) is 3. The molecule has 11 heavy (non-hydrogen) atoms. The Morgan fingerprint density at radius 1 is 1.73 bits per heavy atom. The molecule has 1 unspecified atom stereocenters. The summed E-state index contributed by atoms with van der Waals surface area (Å²) in [4.78, 5) is -2.02. The van der Waals surface area contributed by atoms with Gasteiger partial charge in [0.05, 0.1) is 0 Å². The summed E-state index contributed by atoms with van der Waals surface area (Å²) in [6.07, 6.45) is 2.04. The van der Waals surface area contributed by atoms with Crippen molar-refractivity contribution >= 4 is 10.1 Å². The molecule has 0 bridgehead atoms. The molecule has 1 rings (SSSR count). The lowest BCUT2D eigenvalue weighted by Gasteiger charge is -2.19. The molecule has 0 radical (unpaired) electrons. The molecule has 2 N–H and O–H groups in total. The van der Waals surface area contributed by atoms with E-state index in [1.807, 2.05) is 0 Å². The highest BCUT2D eigenvalue weighted by atomic mass is 32.2. The van der Waals surface area contributed by atoms with E-state index in [0.29, 0.717) is 12.0 Å². The largest absolute Gasteiger partial charge is 0.369 e. The van der Waals surface area contributed by atoms with Gasteiger partial charge in [0.1, 0.15) is 0 Å². The van der Waals surface area contributed by atoms with Gasteiger partial charge in [0, 0.05) is 0 Å². The van der Waals surface area contributed by atoms with Gasteiger partial charge in [0.15, 0.2) is 0 Å². The van der Waals surface area contributed by atoms with Crippen LogP contribution in [0, 0.1) is 0 Å². The Hall–Kier alpha value is -0.390. The van der Waals surface area contributed by atoms with Crippen molar-refractivity contribution in [1.82, 2.24) is 0 Å². The maximum absolute atomic E-state index is 10.6. The summed E-state index contributed by atoms with van der Waals surface area (Å²) in [6.45, 7) is 1.51. The normalized spacial score (nSPS) is 22.3. The highest BCUT2D eigenvalue weighted by molar-refractivity contribution is 7.87. The zero-order valence-electron chi connectivity index (χ0n) is 6.11. The Kier molecular flexibility index (Phi) is 1.82. The van der Waals surface area contributed by atoms with Crippen LogP contribution in [0.1, 0.15) is 19.8 Å². The molecular weight excluding hydrogens is 168 g/mol. The Bertz CT molecular complexity index is 290. The van der Waals surface area contributed by atoms with E-state index in [4.69, 9.17) is 4.55 Å². The number of rotatable bonds is 3. The van der Waals surface area contributed by atoms with Gasteiger partial charge in [-0.2, -0.15) is 8.42 Å². The van der Waals surface area contributed by atoms with Gasteiger partial charge >= 0.3 is 0 Å². The number of hydrogen-bond donors (Lipinski definition) is 2. The molecule has 0 saturated heterocycles. The summed E-state index contributed by atoms with van der Waals surface area (Å²) in [5, 5.41) is 9.39. The first-order chi connectivity index (χ1) is 4.92. The smallest absolute Gasteiger partial charge is 0.299 e. The average molecular weight is 178 g/mol. The molecule has 5 heteroatoms. The van der Waals surface area contributed by atoms with E-state index in [9.17, 15) is 13.5 Å². The van der Waals surface area contributed by atoms with Crippen molar-refractivity contribution in [3.63, 3.8) is 0 Å². The molecule has 0 saturated carbocycles. The van der Waals surface area contributed by atoms with Crippen LogP contribution in [0.3, 0.4) is 0 Å². The quantitative estimate of drug-likeness (QED) is 0.481. The van der Waals surface area contributed by atoms with Gasteiger partial charge < -0.3 is 5.11 Å². The standard InChI is InChI=1S/C6H10O4S/c1-2-6(7,5-3-4-5)11(8,9)10/h3,7H,2,4H2,1H3,(H,8,9,10). The molecular formula is C6H10O4S. The van der Waals surface area contributed by atoms with Gasteiger partial charge in [-0.05, 0) is 18.4 Å². The van der Waals surface area contributed by atoms with Crippen LogP contribution in [-0.2, 0) is 10.1 Å². The molecule has 0 fully saturated rings. The molecule has 1 atom stereocenters. The minimum atomic E-state index is -4.36. The first-order valence-corrected chi connectivity index (χ1v) is 4.74. The second-order valence-corrected chi connectivity index (χ2v) is 4.17. The molecule has 0 aromatic rings. The second-order valence-electron chi connectivity index (χ2n) is 2.55. The average Bonchev–Trinajstić information content (AvgIpc) is 2.64. The van der Waals surface area contributed by atoms with Gasteiger partial charge in [0.25, 0.3) is 10.1 Å². The molecule has 4 nitrogen and oxygen atoms in total. The van der Waals surface area contributed by atoms with E-state index < -0.39 is 15.1 Å². The Morgan fingerprint density at radius 3 is 2.27 bits per heavy atom. The molecule has 1 aliphatic carbocycles. The van der Waals surface area contributed by atoms with Crippen LogP contribution >= 0.6 is 0 Å². The van der Waals surface area contributed by atoms with Crippen LogP contribution in [0.15, 0.2) is 11.6 Å². The van der Waals surface area contributed by atoms with Crippen molar-refractivity contribution in [2.24, 2.45) is 0 Å². The first-order valence-electron chi connectivity index (χ1n) is 3.30. The Balaban J connectivity index is 3.02. The maximum Gasteiger partial charge on any atom is 0.299 e. The zero-order valence-corrected chi connectivity index (χ0v) is 6.93. The van der Waals surface area contributed by atoms with Crippen molar-refractivity contribution < 1.29 is 18.1 Å². The van der Waals surface area contributed by atoms with Crippen LogP contribution in [0.2, 0.25) is 0 Å². The Labute approximate surface area is 65.3 Å². The third-order valence-electron chi connectivity index (χ3n) is 1.82. The number of allylic oxidation sites excluding steroid dienone is 1. The fourth-order valence-corrected chi connectivity index (χ4v) is 1.81. The number of aliphatic hydroxyl groups is 1. The van der Waals surface area contributed by atoms with Gasteiger partial charge in [-0.25, -0.2) is 0 Å². The van der Waals surface area contributed by atoms with Crippen LogP contribution in [0.5, 0.6) is 0 Å². The van der Waals surface area contributed by atoms with Crippen LogP contribution in [0.25, 0.3) is 0 Å². The molecule has 0 amide bonds. The van der Waals surface area contributed by atoms with E-state index in [1.165, 1.54) is 6.92 Å². The summed E-state index contributed by atoms with van der Waals surface area (Å²) in [5.74, 6) is 0. The molecule has 0 aliphatic heterocycles. The zero-order chi connectivity index (χ0) is 8.70. The molecule has 1 aliphatic rings. The van der Waals surface area contributed by atoms with Gasteiger partial charge in [-0.3, -0.25) is 4.55 Å². The fraction of sp³-hybridized carbons (Fsp3) is 0.667. The topological polar surface area (TPSA) is 74.6 Å².